The van der Waals surface area contributed by atoms with Gasteiger partial charge in [0, 0.05) is 23.4 Å². The van der Waals surface area contributed by atoms with Gasteiger partial charge in [0.2, 0.25) is 5.91 Å². The third-order valence-corrected chi connectivity index (χ3v) is 4.44. The van der Waals surface area contributed by atoms with Gasteiger partial charge in [-0.05, 0) is 23.8 Å². The van der Waals surface area contributed by atoms with Gasteiger partial charge in [-0.1, -0.05) is 46.3 Å². The summed E-state index contributed by atoms with van der Waals surface area (Å²) in [5, 5.41) is 6.10. The Hall–Kier alpha value is -2.14. The van der Waals surface area contributed by atoms with Gasteiger partial charge in [0.1, 0.15) is 5.75 Å². The molecule has 23 heavy (non-hydrogen) atoms. The van der Waals surface area contributed by atoms with Crippen LogP contribution < -0.4 is 4.74 Å². The number of methoxy groups -OCH3 is 1. The van der Waals surface area contributed by atoms with Gasteiger partial charge >= 0.3 is 0 Å². The monoisotopic (exact) mass is 372 g/mol. The molecule has 0 bridgehead atoms. The van der Waals surface area contributed by atoms with Crippen LogP contribution in [0.3, 0.4) is 0 Å². The van der Waals surface area contributed by atoms with E-state index in [0.29, 0.717) is 6.42 Å². The highest BCUT2D eigenvalue weighted by Crippen LogP contribution is 2.37. The van der Waals surface area contributed by atoms with Crippen molar-refractivity contribution in [2.24, 2.45) is 5.10 Å². The zero-order valence-electron chi connectivity index (χ0n) is 13.0. The van der Waals surface area contributed by atoms with Gasteiger partial charge in [-0.2, -0.15) is 5.10 Å². The summed E-state index contributed by atoms with van der Waals surface area (Å²) >= 11 is 3.44. The topological polar surface area (TPSA) is 41.9 Å². The molecule has 118 valence electrons. The van der Waals surface area contributed by atoms with Crippen LogP contribution in [-0.2, 0) is 4.79 Å². The van der Waals surface area contributed by atoms with Crippen molar-refractivity contribution in [3.8, 4) is 5.75 Å². The fraction of sp³-hybridized carbons (Fsp3) is 0.222. The van der Waals surface area contributed by atoms with Crippen LogP contribution in [0.25, 0.3) is 0 Å². The molecule has 4 nitrogen and oxygen atoms in total. The van der Waals surface area contributed by atoms with E-state index in [-0.39, 0.29) is 11.9 Å². The summed E-state index contributed by atoms with van der Waals surface area (Å²) in [6.45, 7) is 1.54. The maximum atomic E-state index is 12.0. The summed E-state index contributed by atoms with van der Waals surface area (Å²) in [5.41, 5.74) is 2.90. The molecule has 2 aromatic carbocycles. The van der Waals surface area contributed by atoms with Gasteiger partial charge in [-0.3, -0.25) is 4.79 Å². The third-order valence-electron chi connectivity index (χ3n) is 3.91. The van der Waals surface area contributed by atoms with Crippen molar-refractivity contribution in [3.05, 3.63) is 64.1 Å². The molecule has 1 aliphatic heterocycles. The fourth-order valence-corrected chi connectivity index (χ4v) is 3.07. The van der Waals surface area contributed by atoms with E-state index in [9.17, 15) is 4.79 Å². The molecule has 0 fully saturated rings. The quantitative estimate of drug-likeness (QED) is 0.811. The minimum absolute atomic E-state index is 0.0759. The molecule has 0 saturated carbocycles. The highest BCUT2D eigenvalue weighted by atomic mass is 79.9. The lowest BCUT2D eigenvalue weighted by Crippen LogP contribution is -2.24. The van der Waals surface area contributed by atoms with Crippen LogP contribution in [0, 0.1) is 0 Å². The molecule has 0 radical (unpaired) electrons. The summed E-state index contributed by atoms with van der Waals surface area (Å²) in [5.74, 6) is 0.698. The van der Waals surface area contributed by atoms with Crippen LogP contribution in [0.4, 0.5) is 0 Å². The van der Waals surface area contributed by atoms with Gasteiger partial charge in [0.25, 0.3) is 0 Å². The maximum absolute atomic E-state index is 12.0. The summed E-state index contributed by atoms with van der Waals surface area (Å²) < 4.78 is 6.47. The molecule has 0 unspecified atom stereocenters. The Bertz CT molecular complexity index is 756. The first-order valence-corrected chi connectivity index (χ1v) is 8.15. The van der Waals surface area contributed by atoms with E-state index in [0.717, 1.165) is 27.1 Å². The molecule has 0 saturated heterocycles. The molecule has 0 N–H and O–H groups in total. The summed E-state index contributed by atoms with van der Waals surface area (Å²) in [6, 6.07) is 15.6. The van der Waals surface area contributed by atoms with Crippen molar-refractivity contribution in [3.63, 3.8) is 0 Å². The first kappa shape index (κ1) is 15.7. The van der Waals surface area contributed by atoms with Gasteiger partial charge < -0.3 is 4.74 Å². The smallest absolute Gasteiger partial charge is 0.240 e. The largest absolute Gasteiger partial charge is 0.496 e. The van der Waals surface area contributed by atoms with E-state index >= 15 is 0 Å². The fourth-order valence-electron chi connectivity index (χ4n) is 2.80. The molecular formula is C18H17BrN2O2. The number of halogens is 1. The predicted octanol–water partition coefficient (Wildman–Crippen LogP) is 4.16. The standard InChI is InChI=1S/C18H17BrN2O2/c1-12(22)21-17(15-5-3-4-6-18(15)23-2)11-16(20-21)13-7-9-14(19)10-8-13/h3-10,17H,11H2,1-2H3/t17-/m1/s1. The van der Waals surface area contributed by atoms with E-state index in [1.807, 2.05) is 48.5 Å². The number of hydrogen-bond acceptors (Lipinski definition) is 3. The second kappa shape index (κ2) is 6.54. The molecule has 1 heterocycles. The van der Waals surface area contributed by atoms with Crippen molar-refractivity contribution in [1.82, 2.24) is 5.01 Å². The number of benzene rings is 2. The lowest BCUT2D eigenvalue weighted by atomic mass is 9.97. The van der Waals surface area contributed by atoms with Crippen LogP contribution >= 0.6 is 15.9 Å². The van der Waals surface area contributed by atoms with Gasteiger partial charge in [-0.15, -0.1) is 0 Å². The number of amides is 1. The minimum atomic E-state index is -0.137. The molecule has 2 aromatic rings. The van der Waals surface area contributed by atoms with Crippen LogP contribution in [0.2, 0.25) is 0 Å². The number of carbonyl (C=O) groups is 1. The highest BCUT2D eigenvalue weighted by molar-refractivity contribution is 9.10. The number of rotatable bonds is 3. The number of nitrogens with zero attached hydrogens (tertiary/aromatic N) is 2. The predicted molar refractivity (Wildman–Crippen MR) is 93.6 cm³/mol. The molecule has 1 aliphatic rings. The van der Waals surface area contributed by atoms with Gasteiger partial charge in [-0.25, -0.2) is 5.01 Å². The lowest BCUT2D eigenvalue weighted by Gasteiger charge is -2.22. The molecule has 5 heteroatoms. The van der Waals surface area contributed by atoms with Crippen LogP contribution in [0.5, 0.6) is 5.75 Å². The zero-order valence-corrected chi connectivity index (χ0v) is 14.6. The second-order valence-electron chi connectivity index (χ2n) is 5.38. The molecule has 0 aliphatic carbocycles. The first-order valence-electron chi connectivity index (χ1n) is 7.36. The SMILES string of the molecule is COc1ccccc1[C@H]1CC(c2ccc(Br)cc2)=NN1C(C)=O. The number of hydrogen-bond donors (Lipinski definition) is 0. The second-order valence-corrected chi connectivity index (χ2v) is 6.29. The maximum Gasteiger partial charge on any atom is 0.240 e. The van der Waals surface area contributed by atoms with Crippen molar-refractivity contribution in [1.29, 1.82) is 0 Å². The molecule has 3 rings (SSSR count). The summed E-state index contributed by atoms with van der Waals surface area (Å²) in [7, 11) is 1.64. The van der Waals surface area contributed by atoms with E-state index in [1.54, 1.807) is 12.1 Å². The Balaban J connectivity index is 1.97. The normalized spacial score (nSPS) is 17.1. The molecule has 1 amide bonds. The van der Waals surface area contributed by atoms with Gasteiger partial charge in [0.15, 0.2) is 0 Å². The van der Waals surface area contributed by atoms with E-state index in [4.69, 9.17) is 4.74 Å². The molecular weight excluding hydrogens is 356 g/mol. The molecule has 0 aromatic heterocycles. The van der Waals surface area contributed by atoms with Crippen LogP contribution in [0.1, 0.15) is 30.5 Å². The number of carbonyl (C=O) groups excluding carboxylic acids is 1. The van der Waals surface area contributed by atoms with Crippen LogP contribution in [-0.4, -0.2) is 23.7 Å². The van der Waals surface area contributed by atoms with Crippen molar-refractivity contribution in [2.75, 3.05) is 7.11 Å². The van der Waals surface area contributed by atoms with Crippen molar-refractivity contribution < 1.29 is 9.53 Å². The summed E-state index contributed by atoms with van der Waals surface area (Å²) in [4.78, 5) is 12.0. The Morgan fingerprint density at radius 3 is 2.57 bits per heavy atom. The van der Waals surface area contributed by atoms with Gasteiger partial charge in [0.05, 0.1) is 18.9 Å². The van der Waals surface area contributed by atoms with Crippen LogP contribution in [0.15, 0.2) is 58.1 Å². The Labute approximate surface area is 143 Å². The average molecular weight is 373 g/mol. The number of ether oxygens (including phenoxy) is 1. The molecule has 1 atom stereocenters. The average Bonchev–Trinajstić information content (AvgIpc) is 3.01. The summed E-state index contributed by atoms with van der Waals surface area (Å²) in [6.07, 6.45) is 0.668. The van der Waals surface area contributed by atoms with Crippen molar-refractivity contribution in [2.45, 2.75) is 19.4 Å². The molecule has 0 spiro atoms. The van der Waals surface area contributed by atoms with E-state index < -0.39 is 0 Å². The minimum Gasteiger partial charge on any atom is -0.496 e. The number of para-hydroxylation sites is 1. The lowest BCUT2D eigenvalue weighted by molar-refractivity contribution is -0.130. The number of hydrazone groups is 1. The van der Waals surface area contributed by atoms with Crippen molar-refractivity contribution >= 4 is 27.5 Å². The van der Waals surface area contributed by atoms with E-state index in [2.05, 4.69) is 21.0 Å². The first-order chi connectivity index (χ1) is 11.1. The highest BCUT2D eigenvalue weighted by Gasteiger charge is 2.33. The Morgan fingerprint density at radius 2 is 1.91 bits per heavy atom. The zero-order chi connectivity index (χ0) is 16.4. The van der Waals surface area contributed by atoms with E-state index in [1.165, 1.54) is 6.92 Å². The third kappa shape index (κ3) is 3.15. The Morgan fingerprint density at radius 1 is 1.22 bits per heavy atom. The Kier molecular flexibility index (Phi) is 4.48.